The van der Waals surface area contributed by atoms with Gasteiger partial charge in [0.15, 0.2) is 0 Å². The Bertz CT molecular complexity index is 731. The Labute approximate surface area is 158 Å². The number of carbonyl (C=O) groups is 1. The third-order valence-corrected chi connectivity index (χ3v) is 5.11. The van der Waals surface area contributed by atoms with Crippen molar-refractivity contribution >= 4 is 40.5 Å². The second-order valence-electron chi connectivity index (χ2n) is 6.15. The van der Waals surface area contributed by atoms with Crippen LogP contribution in [0.15, 0.2) is 48.5 Å². The molecule has 25 heavy (non-hydrogen) atoms. The summed E-state index contributed by atoms with van der Waals surface area (Å²) in [6.45, 7) is 5.41. The molecule has 4 nitrogen and oxygen atoms in total. The van der Waals surface area contributed by atoms with E-state index in [0.29, 0.717) is 15.7 Å². The number of hydrogen-bond donors (Lipinski definition) is 1. The third-order valence-electron chi connectivity index (χ3n) is 4.55. The van der Waals surface area contributed by atoms with Gasteiger partial charge >= 0.3 is 0 Å². The SMILES string of the molecule is CC(C(=O)Nc1cc(Cl)ccc1Cl)N1CCN(c2ccccc2)CC1. The number of benzene rings is 2. The molecule has 2 aromatic rings. The summed E-state index contributed by atoms with van der Waals surface area (Å²) in [5.74, 6) is -0.0719. The molecule has 0 aromatic heterocycles. The summed E-state index contributed by atoms with van der Waals surface area (Å²) in [6.07, 6.45) is 0. The highest BCUT2D eigenvalue weighted by Crippen LogP contribution is 2.26. The van der Waals surface area contributed by atoms with Crippen molar-refractivity contribution in [2.75, 3.05) is 36.4 Å². The van der Waals surface area contributed by atoms with Gasteiger partial charge in [0.25, 0.3) is 0 Å². The van der Waals surface area contributed by atoms with Gasteiger partial charge < -0.3 is 10.2 Å². The van der Waals surface area contributed by atoms with Gasteiger partial charge in [-0.25, -0.2) is 0 Å². The first-order valence-electron chi connectivity index (χ1n) is 8.34. The van der Waals surface area contributed by atoms with Crippen LogP contribution in [0.3, 0.4) is 0 Å². The molecule has 0 aliphatic carbocycles. The molecule has 0 bridgehead atoms. The Morgan fingerprint density at radius 1 is 1.04 bits per heavy atom. The van der Waals surface area contributed by atoms with Crippen molar-refractivity contribution < 1.29 is 4.79 Å². The molecule has 1 N–H and O–H groups in total. The van der Waals surface area contributed by atoms with Crippen LogP contribution in [0.2, 0.25) is 10.0 Å². The van der Waals surface area contributed by atoms with Crippen LogP contribution in [0, 0.1) is 0 Å². The number of carbonyl (C=O) groups excluding carboxylic acids is 1. The Kier molecular flexibility index (Phi) is 5.84. The van der Waals surface area contributed by atoms with Gasteiger partial charge in [0.1, 0.15) is 0 Å². The van der Waals surface area contributed by atoms with E-state index in [2.05, 4.69) is 27.2 Å². The average Bonchev–Trinajstić information content (AvgIpc) is 2.65. The third kappa shape index (κ3) is 4.46. The fourth-order valence-electron chi connectivity index (χ4n) is 3.00. The maximum atomic E-state index is 12.6. The van der Waals surface area contributed by atoms with Crippen molar-refractivity contribution in [2.45, 2.75) is 13.0 Å². The molecule has 1 heterocycles. The predicted molar refractivity (Wildman–Crippen MR) is 105 cm³/mol. The van der Waals surface area contributed by atoms with Crippen LogP contribution in [0.1, 0.15) is 6.92 Å². The van der Waals surface area contributed by atoms with Gasteiger partial charge in [-0.2, -0.15) is 0 Å². The zero-order valence-electron chi connectivity index (χ0n) is 14.1. The van der Waals surface area contributed by atoms with Crippen molar-refractivity contribution in [3.63, 3.8) is 0 Å². The zero-order valence-corrected chi connectivity index (χ0v) is 15.6. The standard InChI is InChI=1S/C19H21Cl2N3O/c1-14(19(25)22-18-13-15(20)7-8-17(18)21)23-9-11-24(12-10-23)16-5-3-2-4-6-16/h2-8,13-14H,9-12H2,1H3,(H,22,25). The van der Waals surface area contributed by atoms with Crippen LogP contribution in [0.25, 0.3) is 0 Å². The Morgan fingerprint density at radius 3 is 2.40 bits per heavy atom. The summed E-state index contributed by atoms with van der Waals surface area (Å²) in [5.41, 5.74) is 1.78. The molecule has 132 valence electrons. The molecule has 1 amide bonds. The number of piperazine rings is 1. The van der Waals surface area contributed by atoms with Crippen molar-refractivity contribution in [3.8, 4) is 0 Å². The Hall–Kier alpha value is -1.75. The van der Waals surface area contributed by atoms with Gasteiger partial charge in [0, 0.05) is 36.9 Å². The summed E-state index contributed by atoms with van der Waals surface area (Å²) in [5, 5.41) is 3.91. The number of amides is 1. The van der Waals surface area contributed by atoms with Crippen LogP contribution < -0.4 is 10.2 Å². The van der Waals surface area contributed by atoms with Crippen molar-refractivity contribution in [3.05, 3.63) is 58.6 Å². The van der Waals surface area contributed by atoms with E-state index in [1.807, 2.05) is 25.1 Å². The number of nitrogens with zero attached hydrogens (tertiary/aromatic N) is 2. The predicted octanol–water partition coefficient (Wildman–Crippen LogP) is 4.14. The first-order valence-corrected chi connectivity index (χ1v) is 9.10. The first-order chi connectivity index (χ1) is 12.0. The van der Waals surface area contributed by atoms with Gasteiger partial charge in [0.05, 0.1) is 16.8 Å². The molecule has 0 radical (unpaired) electrons. The second-order valence-corrected chi connectivity index (χ2v) is 6.99. The summed E-state index contributed by atoms with van der Waals surface area (Å²) >= 11 is 12.1. The van der Waals surface area contributed by atoms with Crippen LogP contribution in [-0.4, -0.2) is 43.0 Å². The van der Waals surface area contributed by atoms with E-state index in [4.69, 9.17) is 23.2 Å². The summed E-state index contributed by atoms with van der Waals surface area (Å²) in [4.78, 5) is 17.1. The lowest BCUT2D eigenvalue weighted by molar-refractivity contribution is -0.120. The topological polar surface area (TPSA) is 35.6 Å². The van der Waals surface area contributed by atoms with Gasteiger partial charge in [-0.1, -0.05) is 41.4 Å². The smallest absolute Gasteiger partial charge is 0.241 e. The lowest BCUT2D eigenvalue weighted by atomic mass is 10.2. The van der Waals surface area contributed by atoms with E-state index in [1.54, 1.807) is 18.2 Å². The quantitative estimate of drug-likeness (QED) is 0.869. The molecule has 1 aliphatic rings. The molecule has 3 rings (SSSR count). The number of anilines is 2. The van der Waals surface area contributed by atoms with E-state index in [9.17, 15) is 4.79 Å². The second kappa shape index (κ2) is 8.09. The highest BCUT2D eigenvalue weighted by molar-refractivity contribution is 6.35. The fourth-order valence-corrected chi connectivity index (χ4v) is 3.34. The van der Waals surface area contributed by atoms with Crippen LogP contribution in [0.4, 0.5) is 11.4 Å². The largest absolute Gasteiger partial charge is 0.369 e. The highest BCUT2D eigenvalue weighted by Gasteiger charge is 2.26. The maximum Gasteiger partial charge on any atom is 0.241 e. The molecule has 1 fully saturated rings. The lowest BCUT2D eigenvalue weighted by Gasteiger charge is -2.38. The first kappa shape index (κ1) is 18.1. The highest BCUT2D eigenvalue weighted by atomic mass is 35.5. The van der Waals surface area contributed by atoms with E-state index >= 15 is 0 Å². The lowest BCUT2D eigenvalue weighted by Crippen LogP contribution is -2.52. The molecular formula is C19H21Cl2N3O. The number of hydrogen-bond acceptors (Lipinski definition) is 3. The van der Waals surface area contributed by atoms with Crippen LogP contribution in [-0.2, 0) is 4.79 Å². The molecular weight excluding hydrogens is 357 g/mol. The Balaban J connectivity index is 1.57. The van der Waals surface area contributed by atoms with Crippen molar-refractivity contribution in [1.29, 1.82) is 0 Å². The number of halogens is 2. The van der Waals surface area contributed by atoms with Gasteiger partial charge in [0.2, 0.25) is 5.91 Å². The van der Waals surface area contributed by atoms with Crippen molar-refractivity contribution in [1.82, 2.24) is 4.90 Å². The van der Waals surface area contributed by atoms with Gasteiger partial charge in [-0.15, -0.1) is 0 Å². The normalized spacial score (nSPS) is 16.5. The van der Waals surface area contributed by atoms with E-state index in [1.165, 1.54) is 5.69 Å². The molecule has 6 heteroatoms. The monoisotopic (exact) mass is 377 g/mol. The van der Waals surface area contributed by atoms with Gasteiger partial charge in [-0.3, -0.25) is 9.69 Å². The summed E-state index contributed by atoms with van der Waals surface area (Å²) in [7, 11) is 0. The van der Waals surface area contributed by atoms with E-state index < -0.39 is 0 Å². The molecule has 0 spiro atoms. The van der Waals surface area contributed by atoms with E-state index in [0.717, 1.165) is 26.2 Å². The van der Waals surface area contributed by atoms with Gasteiger partial charge in [-0.05, 0) is 37.3 Å². The molecule has 1 atom stereocenters. The maximum absolute atomic E-state index is 12.6. The van der Waals surface area contributed by atoms with E-state index in [-0.39, 0.29) is 11.9 Å². The summed E-state index contributed by atoms with van der Waals surface area (Å²) in [6, 6.07) is 15.2. The number of para-hydroxylation sites is 1. The van der Waals surface area contributed by atoms with Crippen LogP contribution >= 0.6 is 23.2 Å². The molecule has 1 saturated heterocycles. The minimum absolute atomic E-state index is 0.0719. The molecule has 1 aliphatic heterocycles. The minimum atomic E-state index is -0.229. The number of rotatable bonds is 4. The zero-order chi connectivity index (χ0) is 17.8. The summed E-state index contributed by atoms with van der Waals surface area (Å²) < 4.78 is 0. The Morgan fingerprint density at radius 2 is 1.72 bits per heavy atom. The molecule has 2 aromatic carbocycles. The molecule has 0 saturated carbocycles. The van der Waals surface area contributed by atoms with Crippen LogP contribution in [0.5, 0.6) is 0 Å². The molecule has 1 unspecified atom stereocenters. The van der Waals surface area contributed by atoms with Crippen molar-refractivity contribution in [2.24, 2.45) is 0 Å². The number of nitrogens with one attached hydrogen (secondary N) is 1. The minimum Gasteiger partial charge on any atom is -0.369 e. The average molecular weight is 378 g/mol. The fraction of sp³-hybridized carbons (Fsp3) is 0.316.